The first kappa shape index (κ1) is 11.0. The molecule has 1 aromatic carbocycles. The summed E-state index contributed by atoms with van der Waals surface area (Å²) in [5.74, 6) is 0.735. The molecule has 0 aliphatic rings. The number of benzene rings is 1. The van der Waals surface area contributed by atoms with E-state index in [-0.39, 0.29) is 12.6 Å². The first-order chi connectivity index (χ1) is 6.24. The third kappa shape index (κ3) is 3.68. The van der Waals surface area contributed by atoms with Crippen molar-refractivity contribution in [2.45, 2.75) is 10.9 Å². The lowest BCUT2D eigenvalue weighted by molar-refractivity contribution is 0.275. The highest BCUT2D eigenvalue weighted by molar-refractivity contribution is 9.10. The van der Waals surface area contributed by atoms with Gasteiger partial charge in [-0.15, -0.1) is 11.8 Å². The third-order valence-corrected chi connectivity index (χ3v) is 3.74. The van der Waals surface area contributed by atoms with E-state index in [0.717, 1.165) is 15.1 Å². The second kappa shape index (κ2) is 5.65. The predicted octanol–water partition coefficient (Wildman–Crippen LogP) is 1.86. The number of nitrogens with two attached hydrogens (primary N) is 1. The fourth-order valence-corrected chi connectivity index (χ4v) is 2.32. The summed E-state index contributed by atoms with van der Waals surface area (Å²) in [5.41, 5.74) is 5.58. The van der Waals surface area contributed by atoms with E-state index in [2.05, 4.69) is 15.9 Å². The van der Waals surface area contributed by atoms with Crippen molar-refractivity contribution >= 4 is 27.7 Å². The van der Waals surface area contributed by atoms with Gasteiger partial charge in [0.05, 0.1) is 6.61 Å². The van der Waals surface area contributed by atoms with Crippen LogP contribution in [0.5, 0.6) is 0 Å². The first-order valence-corrected chi connectivity index (χ1v) is 5.75. The molecule has 0 aliphatic heterocycles. The van der Waals surface area contributed by atoms with Crippen LogP contribution in [0.3, 0.4) is 0 Å². The molecule has 1 aromatic rings. The molecule has 0 heterocycles. The smallest absolute Gasteiger partial charge is 0.0590 e. The Morgan fingerprint density at radius 1 is 1.46 bits per heavy atom. The van der Waals surface area contributed by atoms with Crippen LogP contribution < -0.4 is 5.73 Å². The molecular weight excluding hydrogens is 250 g/mol. The van der Waals surface area contributed by atoms with Gasteiger partial charge in [0.25, 0.3) is 0 Å². The molecule has 3 N–H and O–H groups in total. The standard InChI is InChI=1S/C9H12BrNOS/c10-8-3-1-2-4-9(8)13-6-7(11)5-12/h1-4,7,12H,5-6,11H2. The summed E-state index contributed by atoms with van der Waals surface area (Å²) in [5, 5.41) is 8.73. The lowest BCUT2D eigenvalue weighted by Gasteiger charge is -2.08. The average Bonchev–Trinajstić information content (AvgIpc) is 2.16. The Balaban J connectivity index is 2.50. The molecule has 72 valence electrons. The Labute approximate surface area is 90.7 Å². The molecule has 13 heavy (non-hydrogen) atoms. The predicted molar refractivity (Wildman–Crippen MR) is 59.9 cm³/mol. The zero-order valence-corrected chi connectivity index (χ0v) is 9.51. The molecule has 0 aromatic heterocycles. The molecule has 0 saturated heterocycles. The van der Waals surface area contributed by atoms with Crippen LogP contribution in [0.25, 0.3) is 0 Å². The molecule has 1 atom stereocenters. The summed E-state index contributed by atoms with van der Waals surface area (Å²) in [4.78, 5) is 1.16. The van der Waals surface area contributed by atoms with Crippen molar-refractivity contribution in [3.05, 3.63) is 28.7 Å². The van der Waals surface area contributed by atoms with Gasteiger partial charge in [-0.05, 0) is 28.1 Å². The zero-order chi connectivity index (χ0) is 9.68. The number of halogens is 1. The second-order valence-electron chi connectivity index (χ2n) is 2.68. The molecule has 1 rings (SSSR count). The summed E-state index contributed by atoms with van der Waals surface area (Å²) in [6.45, 7) is 0.0391. The van der Waals surface area contributed by atoms with Crippen LogP contribution in [0.2, 0.25) is 0 Å². The molecule has 0 bridgehead atoms. The highest BCUT2D eigenvalue weighted by Crippen LogP contribution is 2.26. The quantitative estimate of drug-likeness (QED) is 0.814. The molecule has 0 spiro atoms. The van der Waals surface area contributed by atoms with E-state index in [1.165, 1.54) is 0 Å². The summed E-state index contributed by atoms with van der Waals surface area (Å²) in [6.07, 6.45) is 0. The fourth-order valence-electron chi connectivity index (χ4n) is 0.811. The number of hydrogen-bond acceptors (Lipinski definition) is 3. The van der Waals surface area contributed by atoms with Crippen molar-refractivity contribution in [2.75, 3.05) is 12.4 Å². The van der Waals surface area contributed by atoms with Crippen molar-refractivity contribution in [3.63, 3.8) is 0 Å². The van der Waals surface area contributed by atoms with E-state index < -0.39 is 0 Å². The third-order valence-electron chi connectivity index (χ3n) is 1.52. The van der Waals surface area contributed by atoms with Crippen LogP contribution >= 0.6 is 27.7 Å². The summed E-state index contributed by atoms with van der Waals surface area (Å²) in [6, 6.07) is 7.83. The van der Waals surface area contributed by atoms with E-state index in [4.69, 9.17) is 10.8 Å². The topological polar surface area (TPSA) is 46.2 Å². The minimum Gasteiger partial charge on any atom is -0.395 e. The molecule has 0 saturated carbocycles. The van der Waals surface area contributed by atoms with Gasteiger partial charge in [0.1, 0.15) is 0 Å². The molecule has 0 fully saturated rings. The maximum absolute atomic E-state index is 8.73. The number of aliphatic hydroxyl groups is 1. The molecule has 2 nitrogen and oxygen atoms in total. The van der Waals surface area contributed by atoms with Crippen LogP contribution in [-0.4, -0.2) is 23.5 Å². The van der Waals surface area contributed by atoms with Gasteiger partial charge in [0, 0.05) is 21.2 Å². The number of thioether (sulfide) groups is 1. The minimum absolute atomic E-state index is 0.0391. The monoisotopic (exact) mass is 261 g/mol. The Kier molecular flexibility index (Phi) is 4.80. The summed E-state index contributed by atoms with van der Waals surface area (Å²) >= 11 is 5.09. The van der Waals surface area contributed by atoms with Gasteiger partial charge in [-0.25, -0.2) is 0 Å². The van der Waals surface area contributed by atoms with Gasteiger partial charge >= 0.3 is 0 Å². The van der Waals surface area contributed by atoms with E-state index in [1.54, 1.807) is 11.8 Å². The Morgan fingerprint density at radius 3 is 2.77 bits per heavy atom. The van der Waals surface area contributed by atoms with Crippen molar-refractivity contribution in [2.24, 2.45) is 5.73 Å². The maximum Gasteiger partial charge on any atom is 0.0590 e. The van der Waals surface area contributed by atoms with Gasteiger partial charge in [0.15, 0.2) is 0 Å². The highest BCUT2D eigenvalue weighted by atomic mass is 79.9. The maximum atomic E-state index is 8.73. The van der Waals surface area contributed by atoms with Crippen molar-refractivity contribution in [1.29, 1.82) is 0 Å². The van der Waals surface area contributed by atoms with E-state index in [0.29, 0.717) is 0 Å². The lowest BCUT2D eigenvalue weighted by atomic mass is 10.4. The largest absolute Gasteiger partial charge is 0.395 e. The lowest BCUT2D eigenvalue weighted by Crippen LogP contribution is -2.26. The molecule has 0 aliphatic carbocycles. The van der Waals surface area contributed by atoms with Crippen molar-refractivity contribution in [1.82, 2.24) is 0 Å². The zero-order valence-electron chi connectivity index (χ0n) is 7.11. The fraction of sp³-hybridized carbons (Fsp3) is 0.333. The SMILES string of the molecule is NC(CO)CSc1ccccc1Br. The van der Waals surface area contributed by atoms with Gasteiger partial charge < -0.3 is 10.8 Å². The molecule has 0 amide bonds. The molecule has 0 radical (unpaired) electrons. The Hall–Kier alpha value is -0.0300. The normalized spacial score (nSPS) is 12.8. The van der Waals surface area contributed by atoms with Gasteiger partial charge in [-0.1, -0.05) is 12.1 Å². The van der Waals surface area contributed by atoms with Gasteiger partial charge in [-0.3, -0.25) is 0 Å². The van der Waals surface area contributed by atoms with E-state index in [1.807, 2.05) is 24.3 Å². The number of hydrogen-bond donors (Lipinski definition) is 2. The van der Waals surface area contributed by atoms with Gasteiger partial charge in [-0.2, -0.15) is 0 Å². The Bertz CT molecular complexity index is 270. The molecule has 4 heteroatoms. The van der Waals surface area contributed by atoms with Crippen LogP contribution in [0.1, 0.15) is 0 Å². The Morgan fingerprint density at radius 2 is 2.15 bits per heavy atom. The number of rotatable bonds is 4. The summed E-state index contributed by atoms with van der Waals surface area (Å²) < 4.78 is 1.07. The van der Waals surface area contributed by atoms with E-state index >= 15 is 0 Å². The molecule has 1 unspecified atom stereocenters. The van der Waals surface area contributed by atoms with E-state index in [9.17, 15) is 0 Å². The minimum atomic E-state index is -0.142. The van der Waals surface area contributed by atoms with Crippen LogP contribution in [0.4, 0.5) is 0 Å². The number of aliphatic hydroxyl groups excluding tert-OH is 1. The highest BCUT2D eigenvalue weighted by Gasteiger charge is 2.03. The van der Waals surface area contributed by atoms with Gasteiger partial charge in [0.2, 0.25) is 0 Å². The molecular formula is C9H12BrNOS. The van der Waals surface area contributed by atoms with Crippen molar-refractivity contribution < 1.29 is 5.11 Å². The first-order valence-electron chi connectivity index (χ1n) is 3.98. The summed E-state index contributed by atoms with van der Waals surface area (Å²) in [7, 11) is 0. The van der Waals surface area contributed by atoms with Crippen LogP contribution in [-0.2, 0) is 0 Å². The second-order valence-corrected chi connectivity index (χ2v) is 4.60. The van der Waals surface area contributed by atoms with Crippen LogP contribution in [0.15, 0.2) is 33.6 Å². The average molecular weight is 262 g/mol. The van der Waals surface area contributed by atoms with Crippen LogP contribution in [0, 0.1) is 0 Å². The van der Waals surface area contributed by atoms with Crippen molar-refractivity contribution in [3.8, 4) is 0 Å².